The van der Waals surface area contributed by atoms with Crippen molar-refractivity contribution in [3.05, 3.63) is 23.5 Å². The molecule has 1 unspecified atom stereocenters. The number of benzene rings is 1. The van der Waals surface area contributed by atoms with Gasteiger partial charge in [0.25, 0.3) is 0 Å². The largest absolute Gasteiger partial charge is 0.478 e. The third kappa shape index (κ3) is 3.01. The van der Waals surface area contributed by atoms with E-state index in [1.807, 2.05) is 13.8 Å². The summed E-state index contributed by atoms with van der Waals surface area (Å²) in [6.45, 7) is 4.57. The van der Waals surface area contributed by atoms with Gasteiger partial charge in [-0.05, 0) is 38.8 Å². The van der Waals surface area contributed by atoms with Gasteiger partial charge in [0, 0.05) is 12.6 Å². The first-order chi connectivity index (χ1) is 9.30. The van der Waals surface area contributed by atoms with Crippen molar-refractivity contribution in [2.75, 3.05) is 17.7 Å². The minimum absolute atomic E-state index is 0.0710. The predicted molar refractivity (Wildman–Crippen MR) is 74.4 cm³/mol. The molecule has 0 saturated carbocycles. The summed E-state index contributed by atoms with van der Waals surface area (Å²) in [5.41, 5.74) is 5.06. The van der Waals surface area contributed by atoms with Crippen molar-refractivity contribution in [2.24, 2.45) is 0 Å². The SMILES string of the molecule is CC1(C)CC(Nc2ccc(F)c(N)c2C(=O)O)CCO1. The molecule has 1 saturated heterocycles. The van der Waals surface area contributed by atoms with Gasteiger partial charge in [0.15, 0.2) is 0 Å². The molecule has 1 fully saturated rings. The smallest absolute Gasteiger partial charge is 0.340 e. The zero-order chi connectivity index (χ0) is 14.9. The molecule has 110 valence electrons. The molecule has 1 heterocycles. The van der Waals surface area contributed by atoms with Gasteiger partial charge in [-0.15, -0.1) is 0 Å². The summed E-state index contributed by atoms with van der Waals surface area (Å²) in [5.74, 6) is -1.96. The highest BCUT2D eigenvalue weighted by molar-refractivity contribution is 6.00. The van der Waals surface area contributed by atoms with E-state index in [2.05, 4.69) is 5.32 Å². The molecule has 1 atom stereocenters. The Morgan fingerprint density at radius 1 is 1.55 bits per heavy atom. The van der Waals surface area contributed by atoms with E-state index >= 15 is 0 Å². The van der Waals surface area contributed by atoms with E-state index in [1.165, 1.54) is 12.1 Å². The lowest BCUT2D eigenvalue weighted by molar-refractivity contribution is -0.0553. The lowest BCUT2D eigenvalue weighted by atomic mass is 9.93. The van der Waals surface area contributed by atoms with Crippen LogP contribution in [-0.4, -0.2) is 29.3 Å². The van der Waals surface area contributed by atoms with Gasteiger partial charge >= 0.3 is 5.97 Å². The Kier molecular flexibility index (Phi) is 3.85. The normalized spacial score (nSPS) is 21.4. The second-order valence-corrected chi connectivity index (χ2v) is 5.63. The molecule has 0 radical (unpaired) electrons. The molecule has 1 aliphatic heterocycles. The van der Waals surface area contributed by atoms with Gasteiger partial charge in [-0.25, -0.2) is 9.18 Å². The average molecular weight is 282 g/mol. The van der Waals surface area contributed by atoms with Crippen molar-refractivity contribution in [2.45, 2.75) is 38.3 Å². The summed E-state index contributed by atoms with van der Waals surface area (Å²) in [7, 11) is 0. The highest BCUT2D eigenvalue weighted by atomic mass is 19.1. The molecule has 0 amide bonds. The number of hydrogen-bond donors (Lipinski definition) is 3. The zero-order valence-electron chi connectivity index (χ0n) is 11.6. The molecule has 0 spiro atoms. The zero-order valence-corrected chi connectivity index (χ0v) is 11.6. The van der Waals surface area contributed by atoms with Gasteiger partial charge in [0.1, 0.15) is 11.4 Å². The van der Waals surface area contributed by atoms with Crippen molar-refractivity contribution in [3.8, 4) is 0 Å². The molecule has 0 aliphatic carbocycles. The van der Waals surface area contributed by atoms with Crippen LogP contribution in [0.15, 0.2) is 12.1 Å². The number of aromatic carboxylic acids is 1. The van der Waals surface area contributed by atoms with Crippen LogP contribution in [0.4, 0.5) is 15.8 Å². The number of nitrogens with two attached hydrogens (primary N) is 1. The molecule has 6 heteroatoms. The van der Waals surface area contributed by atoms with E-state index in [-0.39, 0.29) is 22.9 Å². The van der Waals surface area contributed by atoms with Crippen LogP contribution < -0.4 is 11.1 Å². The van der Waals surface area contributed by atoms with Gasteiger partial charge in [-0.3, -0.25) is 0 Å². The minimum Gasteiger partial charge on any atom is -0.478 e. The number of carbonyl (C=O) groups is 1. The lowest BCUT2D eigenvalue weighted by Crippen LogP contribution is -2.40. The Morgan fingerprint density at radius 2 is 2.25 bits per heavy atom. The Labute approximate surface area is 116 Å². The average Bonchev–Trinajstić information content (AvgIpc) is 2.32. The maximum Gasteiger partial charge on any atom is 0.340 e. The molecule has 4 N–H and O–H groups in total. The number of carboxylic acids is 1. The van der Waals surface area contributed by atoms with E-state index in [1.54, 1.807) is 0 Å². The van der Waals surface area contributed by atoms with Crippen molar-refractivity contribution in [1.82, 2.24) is 0 Å². The van der Waals surface area contributed by atoms with E-state index < -0.39 is 11.8 Å². The molecule has 2 rings (SSSR count). The maximum atomic E-state index is 13.4. The van der Waals surface area contributed by atoms with Gasteiger partial charge in [0.05, 0.1) is 17.0 Å². The van der Waals surface area contributed by atoms with Crippen molar-refractivity contribution in [1.29, 1.82) is 0 Å². The summed E-state index contributed by atoms with van der Waals surface area (Å²) < 4.78 is 19.0. The Hall–Kier alpha value is -1.82. The van der Waals surface area contributed by atoms with Crippen molar-refractivity contribution in [3.63, 3.8) is 0 Å². The third-order valence-corrected chi connectivity index (χ3v) is 3.46. The van der Waals surface area contributed by atoms with E-state index in [0.717, 1.165) is 12.8 Å². The van der Waals surface area contributed by atoms with Crippen LogP contribution >= 0.6 is 0 Å². The first kappa shape index (κ1) is 14.6. The number of nitrogen functional groups attached to an aromatic ring is 1. The summed E-state index contributed by atoms with van der Waals surface area (Å²) >= 11 is 0. The van der Waals surface area contributed by atoms with E-state index in [0.29, 0.717) is 12.3 Å². The summed E-state index contributed by atoms with van der Waals surface area (Å²) in [6.07, 6.45) is 1.50. The number of hydrogen-bond acceptors (Lipinski definition) is 4. The van der Waals surface area contributed by atoms with E-state index in [9.17, 15) is 14.3 Å². The molecule has 5 nitrogen and oxygen atoms in total. The molecule has 1 aliphatic rings. The molecule has 0 aromatic heterocycles. The third-order valence-electron chi connectivity index (χ3n) is 3.46. The number of anilines is 2. The fourth-order valence-corrected chi connectivity index (χ4v) is 2.52. The molecular formula is C14H19FN2O3. The molecule has 1 aromatic rings. The first-order valence-electron chi connectivity index (χ1n) is 6.52. The maximum absolute atomic E-state index is 13.4. The Balaban J connectivity index is 2.25. The topological polar surface area (TPSA) is 84.6 Å². The van der Waals surface area contributed by atoms with Gasteiger partial charge in [-0.1, -0.05) is 0 Å². The number of rotatable bonds is 3. The van der Waals surface area contributed by atoms with Crippen LogP contribution in [0.1, 0.15) is 37.0 Å². The van der Waals surface area contributed by atoms with Crippen LogP contribution in [0.5, 0.6) is 0 Å². The Morgan fingerprint density at radius 3 is 2.85 bits per heavy atom. The Bertz CT molecular complexity index is 531. The van der Waals surface area contributed by atoms with Crippen LogP contribution in [-0.2, 0) is 4.74 Å². The summed E-state index contributed by atoms with van der Waals surface area (Å²) in [4.78, 5) is 11.3. The predicted octanol–water partition coefficient (Wildman–Crippen LogP) is 2.48. The van der Waals surface area contributed by atoms with E-state index in [4.69, 9.17) is 10.5 Å². The summed E-state index contributed by atoms with van der Waals surface area (Å²) in [6, 6.07) is 2.66. The van der Waals surface area contributed by atoms with Gasteiger partial charge in [-0.2, -0.15) is 0 Å². The highest BCUT2D eigenvalue weighted by Crippen LogP contribution is 2.30. The lowest BCUT2D eigenvalue weighted by Gasteiger charge is -2.36. The molecular weight excluding hydrogens is 263 g/mol. The van der Waals surface area contributed by atoms with Crippen LogP contribution in [0.3, 0.4) is 0 Å². The van der Waals surface area contributed by atoms with Gasteiger partial charge < -0.3 is 20.9 Å². The second kappa shape index (κ2) is 5.28. The second-order valence-electron chi connectivity index (χ2n) is 5.63. The molecule has 1 aromatic carbocycles. The van der Waals surface area contributed by atoms with Crippen LogP contribution in [0, 0.1) is 5.82 Å². The molecule has 20 heavy (non-hydrogen) atoms. The van der Waals surface area contributed by atoms with Crippen molar-refractivity contribution >= 4 is 17.3 Å². The highest BCUT2D eigenvalue weighted by Gasteiger charge is 2.29. The van der Waals surface area contributed by atoms with Crippen LogP contribution in [0.2, 0.25) is 0 Å². The van der Waals surface area contributed by atoms with Crippen molar-refractivity contribution < 1.29 is 19.0 Å². The number of nitrogens with one attached hydrogen (secondary N) is 1. The number of carboxylic acid groups (broad SMARTS) is 1. The first-order valence-corrected chi connectivity index (χ1v) is 6.52. The number of halogens is 1. The molecule has 0 bridgehead atoms. The van der Waals surface area contributed by atoms with Crippen LogP contribution in [0.25, 0.3) is 0 Å². The number of ether oxygens (including phenoxy) is 1. The van der Waals surface area contributed by atoms with Gasteiger partial charge in [0.2, 0.25) is 0 Å². The summed E-state index contributed by atoms with van der Waals surface area (Å²) in [5, 5.41) is 12.3. The standard InChI is InChI=1S/C14H19FN2O3/c1-14(2)7-8(5-6-20-14)17-10-4-3-9(15)12(16)11(10)13(18)19/h3-4,8,17H,5-7,16H2,1-2H3,(H,18,19). The minimum atomic E-state index is -1.24. The quantitative estimate of drug-likeness (QED) is 0.742. The fraction of sp³-hybridized carbons (Fsp3) is 0.500. The monoisotopic (exact) mass is 282 g/mol. The fourth-order valence-electron chi connectivity index (χ4n) is 2.52.